The van der Waals surface area contributed by atoms with Crippen LogP contribution in [0.25, 0.3) is 0 Å². The molecule has 33 heavy (non-hydrogen) atoms. The third-order valence-electron chi connectivity index (χ3n) is 6.79. The van der Waals surface area contributed by atoms with Crippen LogP contribution in [-0.4, -0.2) is 80.5 Å². The number of carbonyl (C=O) groups is 1. The molecule has 1 saturated carbocycles. The van der Waals surface area contributed by atoms with Gasteiger partial charge in [-0.1, -0.05) is 19.3 Å². The zero-order chi connectivity index (χ0) is 23.6. The van der Waals surface area contributed by atoms with Crippen molar-refractivity contribution in [1.82, 2.24) is 9.80 Å². The number of aryl methyl sites for hydroxylation is 1. The van der Waals surface area contributed by atoms with Crippen LogP contribution in [0.5, 0.6) is 5.75 Å². The molecule has 1 atom stereocenters. The number of carbonyl (C=O) groups excluding carboxylic acids is 1. The molecular formula is C27H44N2O4. The van der Waals surface area contributed by atoms with Crippen molar-refractivity contribution in [2.24, 2.45) is 0 Å². The number of rotatable bonds is 6. The highest BCUT2D eigenvalue weighted by Gasteiger charge is 2.25. The number of hydrogen-bond donors (Lipinski definition) is 0. The van der Waals surface area contributed by atoms with Crippen molar-refractivity contribution in [3.05, 3.63) is 29.3 Å². The fourth-order valence-corrected chi connectivity index (χ4v) is 5.08. The molecule has 0 radical (unpaired) electrons. The zero-order valence-corrected chi connectivity index (χ0v) is 21.2. The van der Waals surface area contributed by atoms with Gasteiger partial charge in [-0.3, -0.25) is 9.69 Å². The third-order valence-corrected chi connectivity index (χ3v) is 6.79. The van der Waals surface area contributed by atoms with Gasteiger partial charge in [0.1, 0.15) is 5.75 Å². The Morgan fingerprint density at radius 1 is 1.09 bits per heavy atom. The summed E-state index contributed by atoms with van der Waals surface area (Å²) in [6, 6.07) is 6.42. The summed E-state index contributed by atoms with van der Waals surface area (Å²) < 4.78 is 17.6. The van der Waals surface area contributed by atoms with Crippen LogP contribution in [-0.2, 0) is 9.47 Å². The first-order chi connectivity index (χ1) is 16.0. The maximum atomic E-state index is 13.3. The van der Waals surface area contributed by atoms with Gasteiger partial charge in [0.15, 0.2) is 0 Å². The number of ether oxygens (including phenoxy) is 3. The minimum atomic E-state index is 0.0432. The summed E-state index contributed by atoms with van der Waals surface area (Å²) in [5, 5.41) is 0. The highest BCUT2D eigenvalue weighted by atomic mass is 16.5. The Bertz CT molecular complexity index is 733. The van der Waals surface area contributed by atoms with E-state index in [9.17, 15) is 4.79 Å². The first-order valence-electron chi connectivity index (χ1n) is 12.9. The molecule has 1 aliphatic carbocycles. The van der Waals surface area contributed by atoms with Crippen LogP contribution in [0.2, 0.25) is 0 Å². The predicted octanol–water partition coefficient (Wildman–Crippen LogP) is 4.68. The summed E-state index contributed by atoms with van der Waals surface area (Å²) in [7, 11) is 1.74. The molecule has 1 aromatic carbocycles. The van der Waals surface area contributed by atoms with E-state index in [2.05, 4.69) is 4.90 Å². The second-order valence-electron chi connectivity index (χ2n) is 9.88. The Hall–Kier alpha value is -1.63. The zero-order valence-electron chi connectivity index (χ0n) is 21.2. The Balaban J connectivity index is 1.66. The van der Waals surface area contributed by atoms with Crippen LogP contribution in [0.4, 0.5) is 0 Å². The van der Waals surface area contributed by atoms with Crippen molar-refractivity contribution in [2.45, 2.75) is 84.0 Å². The summed E-state index contributed by atoms with van der Waals surface area (Å²) in [4.78, 5) is 17.9. The van der Waals surface area contributed by atoms with Crippen molar-refractivity contribution in [3.63, 3.8) is 0 Å². The Morgan fingerprint density at radius 3 is 2.55 bits per heavy atom. The van der Waals surface area contributed by atoms with Crippen LogP contribution >= 0.6 is 0 Å². The van der Waals surface area contributed by atoms with Crippen molar-refractivity contribution in [2.75, 3.05) is 46.5 Å². The van der Waals surface area contributed by atoms with Gasteiger partial charge in [-0.25, -0.2) is 0 Å². The van der Waals surface area contributed by atoms with Gasteiger partial charge < -0.3 is 19.1 Å². The van der Waals surface area contributed by atoms with Crippen molar-refractivity contribution in [3.8, 4) is 5.75 Å². The molecule has 0 spiro atoms. The molecular weight excluding hydrogens is 416 g/mol. The fourth-order valence-electron chi connectivity index (χ4n) is 5.08. The van der Waals surface area contributed by atoms with Gasteiger partial charge in [0, 0.05) is 38.3 Å². The van der Waals surface area contributed by atoms with E-state index in [0.717, 1.165) is 49.4 Å². The second-order valence-corrected chi connectivity index (χ2v) is 9.88. The summed E-state index contributed by atoms with van der Waals surface area (Å²) in [5.41, 5.74) is 1.71. The van der Waals surface area contributed by atoms with E-state index < -0.39 is 0 Å². The predicted molar refractivity (Wildman–Crippen MR) is 132 cm³/mol. The molecule has 0 bridgehead atoms. The van der Waals surface area contributed by atoms with Crippen LogP contribution in [0.1, 0.15) is 74.7 Å². The van der Waals surface area contributed by atoms with E-state index in [1.54, 1.807) is 7.11 Å². The number of nitrogens with zero attached hydrogens (tertiary/aromatic N) is 2. The topological polar surface area (TPSA) is 51.2 Å². The first-order valence-corrected chi connectivity index (χ1v) is 12.9. The molecule has 1 aromatic rings. The third kappa shape index (κ3) is 7.97. The summed E-state index contributed by atoms with van der Waals surface area (Å²) in [5.74, 6) is 0.914. The highest BCUT2D eigenvalue weighted by Crippen LogP contribution is 2.24. The van der Waals surface area contributed by atoms with E-state index in [0.29, 0.717) is 25.8 Å². The molecule has 1 heterocycles. The summed E-state index contributed by atoms with van der Waals surface area (Å²) >= 11 is 0. The molecule has 0 N–H and O–H groups in total. The quantitative estimate of drug-likeness (QED) is 0.617. The molecule has 2 aliphatic rings. The van der Waals surface area contributed by atoms with Gasteiger partial charge in [0.25, 0.3) is 5.91 Å². The van der Waals surface area contributed by atoms with E-state index in [1.807, 2.05) is 43.9 Å². The maximum absolute atomic E-state index is 13.3. The average Bonchev–Trinajstić information content (AvgIpc) is 2.85. The van der Waals surface area contributed by atoms with Gasteiger partial charge in [-0.15, -0.1) is 0 Å². The Morgan fingerprint density at radius 2 is 1.85 bits per heavy atom. The van der Waals surface area contributed by atoms with Crippen LogP contribution in [0, 0.1) is 6.92 Å². The minimum Gasteiger partial charge on any atom is -0.491 e. The van der Waals surface area contributed by atoms with Crippen LogP contribution in [0.15, 0.2) is 18.2 Å². The molecule has 2 fully saturated rings. The molecule has 0 aromatic heterocycles. The lowest BCUT2D eigenvalue weighted by atomic mass is 9.93. The molecule has 1 unspecified atom stereocenters. The number of benzene rings is 1. The van der Waals surface area contributed by atoms with Gasteiger partial charge in [0.05, 0.1) is 25.4 Å². The molecule has 3 rings (SSSR count). The minimum absolute atomic E-state index is 0.0432. The van der Waals surface area contributed by atoms with E-state index in [1.165, 1.54) is 32.1 Å². The van der Waals surface area contributed by atoms with E-state index >= 15 is 0 Å². The molecule has 1 aliphatic heterocycles. The molecule has 1 amide bonds. The lowest BCUT2D eigenvalue weighted by molar-refractivity contribution is -0.0323. The highest BCUT2D eigenvalue weighted by molar-refractivity contribution is 5.94. The van der Waals surface area contributed by atoms with Gasteiger partial charge >= 0.3 is 0 Å². The van der Waals surface area contributed by atoms with Crippen molar-refractivity contribution >= 4 is 5.91 Å². The molecule has 6 nitrogen and oxygen atoms in total. The molecule has 6 heteroatoms. The van der Waals surface area contributed by atoms with Crippen molar-refractivity contribution in [1.29, 1.82) is 0 Å². The number of hydrogen-bond acceptors (Lipinski definition) is 5. The Kier molecular flexibility index (Phi) is 10.5. The van der Waals surface area contributed by atoms with Gasteiger partial charge in [0.2, 0.25) is 0 Å². The normalized spacial score (nSPS) is 22.2. The Labute approximate surface area is 200 Å². The van der Waals surface area contributed by atoms with Gasteiger partial charge in [-0.2, -0.15) is 0 Å². The smallest absolute Gasteiger partial charge is 0.253 e. The summed E-state index contributed by atoms with van der Waals surface area (Å²) in [6.07, 6.45) is 8.88. The lowest BCUT2D eigenvalue weighted by Crippen LogP contribution is -2.44. The van der Waals surface area contributed by atoms with E-state index in [-0.39, 0.29) is 18.1 Å². The van der Waals surface area contributed by atoms with Gasteiger partial charge in [-0.05, 0) is 76.8 Å². The van der Waals surface area contributed by atoms with E-state index in [4.69, 9.17) is 14.2 Å². The lowest BCUT2D eigenvalue weighted by Gasteiger charge is -2.36. The molecule has 186 valence electrons. The monoisotopic (exact) mass is 460 g/mol. The SMILES string of the molecule is COCC1CN(C2CCCCC2)CCCCN(C(=O)c2ccc(OC(C)C)c(C)c2)CCO1. The standard InChI is InChI=1S/C27H44N2O4/c1-21(2)33-26-13-12-23(18-22(26)3)27(30)28-14-8-9-15-29(24-10-6-5-7-11-24)19-25(20-31-4)32-17-16-28/h12-13,18,21,24-25H,5-11,14-17,19-20H2,1-4H3. The summed E-state index contributed by atoms with van der Waals surface area (Å²) in [6.45, 7) is 10.5. The van der Waals surface area contributed by atoms with Crippen LogP contribution in [0.3, 0.4) is 0 Å². The average molecular weight is 461 g/mol. The maximum Gasteiger partial charge on any atom is 0.253 e. The second kappa shape index (κ2) is 13.3. The first kappa shape index (κ1) is 26.0. The van der Waals surface area contributed by atoms with Crippen molar-refractivity contribution < 1.29 is 19.0 Å². The fraction of sp³-hybridized carbons (Fsp3) is 0.741. The van der Waals surface area contributed by atoms with Crippen LogP contribution < -0.4 is 4.74 Å². The number of amides is 1. The largest absolute Gasteiger partial charge is 0.491 e. The number of methoxy groups -OCH3 is 1. The molecule has 1 saturated heterocycles.